The molecule has 0 aliphatic carbocycles. The number of nitrogens with two attached hydrogens (primary N) is 1. The number of aliphatic hydroxyl groups excluding tert-OH is 2. The molecule has 5 N–H and O–H groups in total. The zero-order valence-electron chi connectivity index (χ0n) is 5.83. The Balaban J connectivity index is -0.000000180. The second-order valence-electron chi connectivity index (χ2n) is 1.97. The van der Waals surface area contributed by atoms with Crippen molar-refractivity contribution in [3.63, 3.8) is 0 Å². The molecule has 0 amide bonds. The molecule has 0 unspecified atom stereocenters. The monoisotopic (exact) mass is 145 g/mol. The van der Waals surface area contributed by atoms with Gasteiger partial charge < -0.3 is 21.4 Å². The van der Waals surface area contributed by atoms with Crippen LogP contribution in [-0.2, 0) is 0 Å². The van der Waals surface area contributed by atoms with Crippen LogP contribution in [0.1, 0.15) is 6.92 Å². The quantitative estimate of drug-likeness (QED) is 0.341. The average molecular weight is 145 g/mol. The first kappa shape index (κ1) is 16.4. The molecule has 0 fully saturated rings. The van der Waals surface area contributed by atoms with E-state index in [1.54, 1.807) is 6.92 Å². The van der Waals surface area contributed by atoms with Crippen molar-refractivity contribution < 1.29 is 45.2 Å². The fourth-order valence-corrected chi connectivity index (χ4v) is 0.0500. The van der Waals surface area contributed by atoms with Gasteiger partial charge in [-0.05, 0) is 6.92 Å². The number of rotatable bonds is 2. The van der Waals surface area contributed by atoms with E-state index in [9.17, 15) is 0 Å². The standard InChI is InChI=1S/C4H11NO2.Na.H2O/c1-4(5,2-6)3-7;;/h6-7H,2-3,5H2,1H3;;1H2/q;+1;/p-1. The Kier molecular flexibility index (Phi) is 12.7. The third kappa shape index (κ3) is 8.84. The molecule has 0 rings (SSSR count). The van der Waals surface area contributed by atoms with Crippen molar-refractivity contribution in [1.29, 1.82) is 0 Å². The fraction of sp³-hybridized carbons (Fsp3) is 1.00. The maximum Gasteiger partial charge on any atom is 1.00 e. The van der Waals surface area contributed by atoms with Crippen molar-refractivity contribution in [3.05, 3.63) is 0 Å². The SMILES string of the molecule is CC(N)(CO)CO.[Na+].[OH-]. The summed E-state index contributed by atoms with van der Waals surface area (Å²) in [5.41, 5.74) is 4.41. The zero-order valence-corrected chi connectivity index (χ0v) is 7.83. The van der Waals surface area contributed by atoms with E-state index in [0.717, 1.165) is 0 Å². The molecule has 0 aromatic heterocycles. The third-order valence-corrected chi connectivity index (χ3v) is 0.722. The Morgan fingerprint density at radius 2 is 1.56 bits per heavy atom. The zero-order chi connectivity index (χ0) is 5.91. The first-order valence-corrected chi connectivity index (χ1v) is 2.13. The minimum Gasteiger partial charge on any atom is -0.870 e. The third-order valence-electron chi connectivity index (χ3n) is 0.722. The van der Waals surface area contributed by atoms with E-state index >= 15 is 0 Å². The van der Waals surface area contributed by atoms with Crippen LogP contribution in [0.15, 0.2) is 0 Å². The predicted octanol–water partition coefficient (Wildman–Crippen LogP) is -4.48. The van der Waals surface area contributed by atoms with Crippen molar-refractivity contribution in [2.45, 2.75) is 12.5 Å². The van der Waals surface area contributed by atoms with Gasteiger partial charge in [0.15, 0.2) is 0 Å². The van der Waals surface area contributed by atoms with E-state index < -0.39 is 5.54 Å². The molecule has 9 heavy (non-hydrogen) atoms. The molecule has 0 aliphatic heterocycles. The number of hydrogen-bond acceptors (Lipinski definition) is 4. The van der Waals surface area contributed by atoms with Gasteiger partial charge in [-0.25, -0.2) is 0 Å². The van der Waals surface area contributed by atoms with Crippen LogP contribution in [0, 0.1) is 0 Å². The molecule has 0 atom stereocenters. The first-order valence-electron chi connectivity index (χ1n) is 2.13. The van der Waals surface area contributed by atoms with Crippen LogP contribution >= 0.6 is 0 Å². The summed E-state index contributed by atoms with van der Waals surface area (Å²) >= 11 is 0. The van der Waals surface area contributed by atoms with Crippen molar-refractivity contribution in [1.82, 2.24) is 0 Å². The molecule has 0 aromatic carbocycles. The molecule has 5 heteroatoms. The Bertz CT molecular complexity index is 53.8. The van der Waals surface area contributed by atoms with Gasteiger partial charge in [0.1, 0.15) is 0 Å². The summed E-state index contributed by atoms with van der Waals surface area (Å²) < 4.78 is 0. The minimum absolute atomic E-state index is 0. The molecule has 0 aromatic rings. The van der Waals surface area contributed by atoms with Gasteiger partial charge in [-0.2, -0.15) is 0 Å². The largest absolute Gasteiger partial charge is 1.00 e. The van der Waals surface area contributed by atoms with Crippen LogP contribution in [-0.4, -0.2) is 34.4 Å². The Morgan fingerprint density at radius 3 is 1.56 bits per heavy atom. The molecule has 0 saturated carbocycles. The van der Waals surface area contributed by atoms with Gasteiger partial charge >= 0.3 is 29.6 Å². The Morgan fingerprint density at radius 1 is 1.33 bits per heavy atom. The Labute approximate surface area is 76.7 Å². The molecule has 0 spiro atoms. The van der Waals surface area contributed by atoms with Gasteiger partial charge in [0, 0.05) is 0 Å². The van der Waals surface area contributed by atoms with E-state index in [4.69, 9.17) is 15.9 Å². The van der Waals surface area contributed by atoms with Crippen LogP contribution in [0.25, 0.3) is 0 Å². The second kappa shape index (κ2) is 6.95. The molecule has 52 valence electrons. The van der Waals surface area contributed by atoms with E-state index in [-0.39, 0.29) is 48.2 Å². The molecule has 0 radical (unpaired) electrons. The fourth-order valence-electron chi connectivity index (χ4n) is 0.0500. The topological polar surface area (TPSA) is 96.5 Å². The van der Waals surface area contributed by atoms with Gasteiger partial charge in [-0.3, -0.25) is 0 Å². The van der Waals surface area contributed by atoms with Gasteiger partial charge in [-0.1, -0.05) is 0 Å². The van der Waals surface area contributed by atoms with Gasteiger partial charge in [-0.15, -0.1) is 0 Å². The van der Waals surface area contributed by atoms with Crippen molar-refractivity contribution >= 4 is 0 Å². The second-order valence-corrected chi connectivity index (χ2v) is 1.97. The van der Waals surface area contributed by atoms with Crippen LogP contribution in [0.5, 0.6) is 0 Å². The van der Waals surface area contributed by atoms with Gasteiger partial charge in [0.25, 0.3) is 0 Å². The number of aliphatic hydroxyl groups is 2. The predicted molar refractivity (Wildman–Crippen MR) is 28.7 cm³/mol. The summed E-state index contributed by atoms with van der Waals surface area (Å²) in [5, 5.41) is 16.6. The normalized spacial score (nSPS) is 9.33. The van der Waals surface area contributed by atoms with Crippen LogP contribution < -0.4 is 35.3 Å². The maximum atomic E-state index is 8.31. The molecule has 0 aliphatic rings. The molecule has 0 bridgehead atoms. The van der Waals surface area contributed by atoms with Crippen LogP contribution in [0.2, 0.25) is 0 Å². The summed E-state index contributed by atoms with van der Waals surface area (Å²) in [6, 6.07) is 0. The molecule has 4 nitrogen and oxygen atoms in total. The average Bonchev–Trinajstić information content (AvgIpc) is 1.68. The van der Waals surface area contributed by atoms with Gasteiger partial charge in [0.2, 0.25) is 0 Å². The van der Waals surface area contributed by atoms with E-state index in [1.807, 2.05) is 0 Å². The van der Waals surface area contributed by atoms with Crippen LogP contribution in [0.4, 0.5) is 0 Å². The van der Waals surface area contributed by atoms with Crippen molar-refractivity contribution in [2.75, 3.05) is 13.2 Å². The van der Waals surface area contributed by atoms with Crippen molar-refractivity contribution in [3.8, 4) is 0 Å². The smallest absolute Gasteiger partial charge is 0.870 e. The minimum atomic E-state index is -0.806. The summed E-state index contributed by atoms with van der Waals surface area (Å²) in [5.74, 6) is 0. The Hall–Kier alpha value is 0.840. The first-order chi connectivity index (χ1) is 3.12. The molecule has 0 saturated heterocycles. The van der Waals surface area contributed by atoms with E-state index in [1.165, 1.54) is 0 Å². The summed E-state index contributed by atoms with van der Waals surface area (Å²) in [4.78, 5) is 0. The number of hydrogen-bond donors (Lipinski definition) is 3. The van der Waals surface area contributed by atoms with E-state index in [2.05, 4.69) is 0 Å². The van der Waals surface area contributed by atoms with E-state index in [0.29, 0.717) is 0 Å². The molecular formula is C4H12NNaO3. The van der Waals surface area contributed by atoms with Crippen molar-refractivity contribution in [2.24, 2.45) is 5.73 Å². The summed E-state index contributed by atoms with van der Waals surface area (Å²) in [6.07, 6.45) is 0. The molecular weight excluding hydrogens is 133 g/mol. The summed E-state index contributed by atoms with van der Waals surface area (Å²) in [6.45, 7) is 1.22. The van der Waals surface area contributed by atoms with Crippen LogP contribution in [0.3, 0.4) is 0 Å². The van der Waals surface area contributed by atoms with Gasteiger partial charge in [0.05, 0.1) is 18.8 Å². The maximum absolute atomic E-state index is 8.31. The molecule has 0 heterocycles. The summed E-state index contributed by atoms with van der Waals surface area (Å²) in [7, 11) is 0.